The first-order valence-electron chi connectivity index (χ1n) is 4.20. The predicted molar refractivity (Wildman–Crippen MR) is 47.7 cm³/mol. The third-order valence-electron chi connectivity index (χ3n) is 1.64. The molecule has 0 aromatic rings. The van der Waals surface area contributed by atoms with Gasteiger partial charge in [-0.1, -0.05) is 11.6 Å². The van der Waals surface area contributed by atoms with Crippen molar-refractivity contribution in [1.29, 1.82) is 0 Å². The number of allylic oxidation sites excluding steroid dienone is 2. The van der Waals surface area contributed by atoms with Crippen molar-refractivity contribution in [3.8, 4) is 0 Å². The van der Waals surface area contributed by atoms with Gasteiger partial charge in [0.2, 0.25) is 0 Å². The van der Waals surface area contributed by atoms with Gasteiger partial charge in [-0.05, 0) is 32.8 Å². The Hall–Kier alpha value is -1.05. The van der Waals surface area contributed by atoms with Gasteiger partial charge < -0.3 is 4.74 Å². The van der Waals surface area contributed by atoms with E-state index in [1.807, 2.05) is 26.0 Å². The SMILES string of the molecule is CC(C)=CC(=O)OC1C=CCC1. The van der Waals surface area contributed by atoms with Crippen molar-refractivity contribution in [2.45, 2.75) is 32.8 Å². The average molecular weight is 166 g/mol. The molecule has 2 heteroatoms. The summed E-state index contributed by atoms with van der Waals surface area (Å²) in [5.74, 6) is -0.230. The van der Waals surface area contributed by atoms with Crippen LogP contribution in [0.2, 0.25) is 0 Å². The predicted octanol–water partition coefficient (Wildman–Crippen LogP) is 2.21. The number of rotatable bonds is 2. The molecule has 1 aliphatic carbocycles. The fraction of sp³-hybridized carbons (Fsp3) is 0.500. The Bertz CT molecular complexity index is 222. The number of ether oxygens (including phenoxy) is 1. The van der Waals surface area contributed by atoms with E-state index in [2.05, 4.69) is 0 Å². The van der Waals surface area contributed by atoms with Gasteiger partial charge in [0, 0.05) is 6.08 Å². The molecular weight excluding hydrogens is 152 g/mol. The zero-order chi connectivity index (χ0) is 8.97. The van der Waals surface area contributed by atoms with Crippen LogP contribution in [0.1, 0.15) is 26.7 Å². The van der Waals surface area contributed by atoms with Crippen molar-refractivity contribution in [2.24, 2.45) is 0 Å². The van der Waals surface area contributed by atoms with Crippen molar-refractivity contribution in [1.82, 2.24) is 0 Å². The van der Waals surface area contributed by atoms with Gasteiger partial charge in [-0.25, -0.2) is 4.79 Å². The summed E-state index contributed by atoms with van der Waals surface area (Å²) in [6.07, 6.45) is 7.46. The quantitative estimate of drug-likeness (QED) is 0.357. The molecule has 0 fully saturated rings. The van der Waals surface area contributed by atoms with Crippen LogP contribution in [0.3, 0.4) is 0 Å². The molecule has 1 aliphatic rings. The first-order chi connectivity index (χ1) is 5.68. The second-order valence-electron chi connectivity index (χ2n) is 3.20. The highest BCUT2D eigenvalue weighted by atomic mass is 16.5. The Kier molecular flexibility index (Phi) is 3.09. The molecule has 0 radical (unpaired) electrons. The van der Waals surface area contributed by atoms with Gasteiger partial charge in [-0.2, -0.15) is 0 Å². The molecule has 0 aliphatic heterocycles. The highest BCUT2D eigenvalue weighted by Gasteiger charge is 2.12. The molecule has 0 aromatic heterocycles. The molecule has 0 saturated carbocycles. The van der Waals surface area contributed by atoms with E-state index < -0.39 is 0 Å². The molecule has 1 unspecified atom stereocenters. The van der Waals surface area contributed by atoms with Crippen LogP contribution in [0.5, 0.6) is 0 Å². The van der Waals surface area contributed by atoms with Crippen LogP contribution < -0.4 is 0 Å². The molecule has 0 bridgehead atoms. The fourth-order valence-corrected chi connectivity index (χ4v) is 1.12. The zero-order valence-corrected chi connectivity index (χ0v) is 7.54. The molecule has 0 N–H and O–H groups in total. The minimum atomic E-state index is -0.230. The molecule has 0 saturated heterocycles. The van der Waals surface area contributed by atoms with Crippen LogP contribution in [0, 0.1) is 0 Å². The second-order valence-corrected chi connectivity index (χ2v) is 3.20. The van der Waals surface area contributed by atoms with E-state index in [1.54, 1.807) is 0 Å². The maximum Gasteiger partial charge on any atom is 0.331 e. The first-order valence-corrected chi connectivity index (χ1v) is 4.20. The molecular formula is C10H14O2. The number of hydrogen-bond acceptors (Lipinski definition) is 2. The lowest BCUT2D eigenvalue weighted by molar-refractivity contribution is -0.140. The molecule has 0 heterocycles. The van der Waals surface area contributed by atoms with Gasteiger partial charge in [-0.15, -0.1) is 0 Å². The Labute approximate surface area is 72.9 Å². The maximum absolute atomic E-state index is 11.1. The Morgan fingerprint density at radius 3 is 2.83 bits per heavy atom. The lowest BCUT2D eigenvalue weighted by Crippen LogP contribution is -2.11. The summed E-state index contributed by atoms with van der Waals surface area (Å²) in [6, 6.07) is 0. The van der Waals surface area contributed by atoms with Crippen LogP contribution in [0.4, 0.5) is 0 Å². The number of carbonyl (C=O) groups is 1. The van der Waals surface area contributed by atoms with Crippen LogP contribution in [-0.2, 0) is 9.53 Å². The van der Waals surface area contributed by atoms with Gasteiger partial charge in [0.1, 0.15) is 6.10 Å². The van der Waals surface area contributed by atoms with E-state index in [4.69, 9.17) is 4.74 Å². The lowest BCUT2D eigenvalue weighted by Gasteiger charge is -2.07. The largest absolute Gasteiger partial charge is 0.455 e. The third-order valence-corrected chi connectivity index (χ3v) is 1.64. The summed E-state index contributed by atoms with van der Waals surface area (Å²) >= 11 is 0. The highest BCUT2D eigenvalue weighted by Crippen LogP contribution is 2.13. The number of carbonyl (C=O) groups excluding carboxylic acids is 1. The summed E-state index contributed by atoms with van der Waals surface area (Å²) < 4.78 is 5.12. The van der Waals surface area contributed by atoms with Crippen molar-refractivity contribution in [2.75, 3.05) is 0 Å². The van der Waals surface area contributed by atoms with Gasteiger partial charge in [-0.3, -0.25) is 0 Å². The summed E-state index contributed by atoms with van der Waals surface area (Å²) in [4.78, 5) is 11.1. The normalized spacial score (nSPS) is 20.7. The molecule has 0 spiro atoms. The van der Waals surface area contributed by atoms with Gasteiger partial charge in [0.05, 0.1) is 0 Å². The van der Waals surface area contributed by atoms with Crippen molar-refractivity contribution < 1.29 is 9.53 Å². The Morgan fingerprint density at radius 1 is 1.58 bits per heavy atom. The Balaban J connectivity index is 2.36. The number of hydrogen-bond donors (Lipinski definition) is 0. The smallest absolute Gasteiger partial charge is 0.331 e. The van der Waals surface area contributed by atoms with E-state index in [1.165, 1.54) is 6.08 Å². The molecule has 2 nitrogen and oxygen atoms in total. The maximum atomic E-state index is 11.1. The minimum absolute atomic E-state index is 0.00750. The fourth-order valence-electron chi connectivity index (χ4n) is 1.12. The molecule has 12 heavy (non-hydrogen) atoms. The van der Waals surface area contributed by atoms with E-state index in [0.717, 1.165) is 18.4 Å². The monoisotopic (exact) mass is 166 g/mol. The van der Waals surface area contributed by atoms with Crippen LogP contribution in [0.25, 0.3) is 0 Å². The van der Waals surface area contributed by atoms with E-state index in [0.29, 0.717) is 0 Å². The summed E-state index contributed by atoms with van der Waals surface area (Å²) in [5.41, 5.74) is 0.974. The van der Waals surface area contributed by atoms with Gasteiger partial charge in [0.15, 0.2) is 0 Å². The van der Waals surface area contributed by atoms with E-state index >= 15 is 0 Å². The topological polar surface area (TPSA) is 26.3 Å². The summed E-state index contributed by atoms with van der Waals surface area (Å²) in [7, 11) is 0. The zero-order valence-electron chi connectivity index (χ0n) is 7.54. The van der Waals surface area contributed by atoms with E-state index in [-0.39, 0.29) is 12.1 Å². The highest BCUT2D eigenvalue weighted by molar-refractivity contribution is 5.82. The molecule has 1 rings (SSSR count). The molecule has 0 amide bonds. The minimum Gasteiger partial charge on any atom is -0.455 e. The average Bonchev–Trinajstić information content (AvgIpc) is 2.37. The molecule has 1 atom stereocenters. The van der Waals surface area contributed by atoms with Gasteiger partial charge >= 0.3 is 5.97 Å². The van der Waals surface area contributed by atoms with Crippen LogP contribution in [-0.4, -0.2) is 12.1 Å². The van der Waals surface area contributed by atoms with Gasteiger partial charge in [0.25, 0.3) is 0 Å². The Morgan fingerprint density at radius 2 is 2.33 bits per heavy atom. The lowest BCUT2D eigenvalue weighted by atomic mass is 10.3. The standard InChI is InChI=1S/C10H14O2/c1-8(2)7-10(11)12-9-5-3-4-6-9/h3,5,7,9H,4,6H2,1-2H3. The molecule has 0 aromatic carbocycles. The first kappa shape index (κ1) is 9.04. The third kappa shape index (κ3) is 2.91. The van der Waals surface area contributed by atoms with Crippen molar-refractivity contribution >= 4 is 5.97 Å². The van der Waals surface area contributed by atoms with Crippen LogP contribution >= 0.6 is 0 Å². The summed E-state index contributed by atoms with van der Waals surface area (Å²) in [5, 5.41) is 0. The van der Waals surface area contributed by atoms with Crippen molar-refractivity contribution in [3.63, 3.8) is 0 Å². The van der Waals surface area contributed by atoms with E-state index in [9.17, 15) is 4.79 Å². The van der Waals surface area contributed by atoms with Crippen molar-refractivity contribution in [3.05, 3.63) is 23.8 Å². The van der Waals surface area contributed by atoms with Crippen LogP contribution in [0.15, 0.2) is 23.8 Å². The second kappa shape index (κ2) is 4.10. The summed E-state index contributed by atoms with van der Waals surface area (Å²) in [6.45, 7) is 3.76. The number of esters is 1. The molecule has 66 valence electrons.